The van der Waals surface area contributed by atoms with Crippen molar-refractivity contribution in [3.63, 3.8) is 0 Å². The Hall–Kier alpha value is -3.00. The minimum atomic E-state index is -4.17. The molecule has 0 saturated heterocycles. The fraction of sp³-hybridized carbons (Fsp3) is 0.286. The summed E-state index contributed by atoms with van der Waals surface area (Å²) in [6.45, 7) is 4.36. The van der Waals surface area contributed by atoms with Gasteiger partial charge in [0.15, 0.2) is 0 Å². The summed E-state index contributed by atoms with van der Waals surface area (Å²) in [5, 5.41) is 9.11. The van der Waals surface area contributed by atoms with E-state index in [1.54, 1.807) is 18.2 Å². The lowest BCUT2D eigenvalue weighted by Gasteiger charge is -2.13. The van der Waals surface area contributed by atoms with E-state index in [0.717, 1.165) is 18.4 Å². The van der Waals surface area contributed by atoms with Gasteiger partial charge in [0.05, 0.1) is 13.7 Å². The molecule has 0 heterocycles. The molecule has 0 fully saturated rings. The molecule has 2 aromatic carbocycles. The summed E-state index contributed by atoms with van der Waals surface area (Å²) in [5.41, 5.74) is 1.07. The molecule has 0 amide bonds. The van der Waals surface area contributed by atoms with Crippen molar-refractivity contribution in [1.29, 1.82) is 0 Å². The van der Waals surface area contributed by atoms with E-state index in [4.69, 9.17) is 18.8 Å². The molecule has 0 unspecified atom stereocenters. The fourth-order valence-electron chi connectivity index (χ4n) is 2.41. The van der Waals surface area contributed by atoms with Gasteiger partial charge in [0, 0.05) is 11.6 Å². The molecule has 8 heteroatoms. The second-order valence-electron chi connectivity index (χ2n) is 6.22. The first kappa shape index (κ1) is 22.3. The second-order valence-corrected chi connectivity index (χ2v) is 7.77. The molecule has 2 aromatic rings. The summed E-state index contributed by atoms with van der Waals surface area (Å²) in [5.74, 6) is -1.17. The van der Waals surface area contributed by atoms with E-state index in [2.05, 4.69) is 0 Å². The molecule has 0 bridgehead atoms. The molecule has 29 heavy (non-hydrogen) atoms. The van der Waals surface area contributed by atoms with Crippen molar-refractivity contribution in [1.82, 2.24) is 0 Å². The molecule has 0 aromatic heterocycles. The number of para-hydroxylation sites is 1. The summed E-state index contributed by atoms with van der Waals surface area (Å²) >= 11 is 0. The molecule has 0 aliphatic rings. The number of carboxylic acids is 1. The zero-order valence-electron chi connectivity index (χ0n) is 16.5. The zero-order valence-corrected chi connectivity index (χ0v) is 17.4. The van der Waals surface area contributed by atoms with Crippen LogP contribution in [0.25, 0.3) is 6.08 Å². The van der Waals surface area contributed by atoms with Crippen LogP contribution in [0, 0.1) is 6.92 Å². The van der Waals surface area contributed by atoms with Crippen LogP contribution in [-0.2, 0) is 19.6 Å². The van der Waals surface area contributed by atoms with Gasteiger partial charge in [-0.05, 0) is 37.1 Å². The average molecular weight is 420 g/mol. The quantitative estimate of drug-likeness (QED) is 0.268. The summed E-state index contributed by atoms with van der Waals surface area (Å²) in [4.78, 5) is 11.1. The Morgan fingerprint density at radius 2 is 1.86 bits per heavy atom. The minimum absolute atomic E-state index is 0.0164. The van der Waals surface area contributed by atoms with Crippen LogP contribution in [0.4, 0.5) is 0 Å². The van der Waals surface area contributed by atoms with Gasteiger partial charge in [-0.3, -0.25) is 0 Å². The molecule has 0 radical (unpaired) electrons. The molecule has 0 atom stereocenters. The molecule has 0 spiro atoms. The number of benzene rings is 2. The monoisotopic (exact) mass is 420 g/mol. The predicted molar refractivity (Wildman–Crippen MR) is 108 cm³/mol. The van der Waals surface area contributed by atoms with Crippen LogP contribution >= 0.6 is 0 Å². The summed E-state index contributed by atoms with van der Waals surface area (Å²) in [6, 6.07) is 10.7. The SMILES string of the molecule is CCCCOc1cc(S(=O)(=O)Oc2ccccc2/C=C(\OC)C(=O)O)ccc1C. The highest BCUT2D eigenvalue weighted by Gasteiger charge is 2.20. The van der Waals surface area contributed by atoms with Crippen LogP contribution in [0.5, 0.6) is 11.5 Å². The van der Waals surface area contributed by atoms with Gasteiger partial charge in [-0.2, -0.15) is 8.42 Å². The third kappa shape index (κ3) is 5.99. The number of hydrogen-bond acceptors (Lipinski definition) is 6. The lowest BCUT2D eigenvalue weighted by atomic mass is 10.2. The van der Waals surface area contributed by atoms with Crippen molar-refractivity contribution in [2.75, 3.05) is 13.7 Å². The van der Waals surface area contributed by atoms with Crippen LogP contribution in [0.15, 0.2) is 53.1 Å². The Morgan fingerprint density at radius 1 is 1.14 bits per heavy atom. The summed E-state index contributed by atoms with van der Waals surface area (Å²) in [7, 11) is -2.95. The average Bonchev–Trinajstić information content (AvgIpc) is 2.68. The number of carbonyl (C=O) groups is 1. The number of rotatable bonds is 10. The number of methoxy groups -OCH3 is 1. The maximum atomic E-state index is 12.8. The van der Waals surface area contributed by atoms with Crippen molar-refractivity contribution in [2.45, 2.75) is 31.6 Å². The van der Waals surface area contributed by atoms with Crippen LogP contribution in [0.3, 0.4) is 0 Å². The Morgan fingerprint density at radius 3 is 2.52 bits per heavy atom. The number of hydrogen-bond donors (Lipinski definition) is 1. The highest BCUT2D eigenvalue weighted by Crippen LogP contribution is 2.28. The first-order valence-corrected chi connectivity index (χ1v) is 10.4. The Labute approximate surface area is 170 Å². The number of aryl methyl sites for hydroxylation is 1. The van der Waals surface area contributed by atoms with E-state index in [1.807, 2.05) is 13.8 Å². The van der Waals surface area contributed by atoms with E-state index in [9.17, 15) is 13.2 Å². The standard InChI is InChI=1S/C21H24O7S/c1-4-5-12-27-19-14-17(11-10-15(19)2)29(24,25)28-18-9-7-6-8-16(18)13-20(26-3)21(22)23/h6-11,13-14H,4-5,12H2,1-3H3,(H,22,23)/b20-13-. The lowest BCUT2D eigenvalue weighted by molar-refractivity contribution is -0.135. The molecular formula is C21H24O7S. The normalized spacial score (nSPS) is 11.8. The highest BCUT2D eigenvalue weighted by molar-refractivity contribution is 7.87. The molecule has 2 rings (SSSR count). The van der Waals surface area contributed by atoms with Gasteiger partial charge in [0.1, 0.15) is 16.4 Å². The van der Waals surface area contributed by atoms with Crippen LogP contribution in [0.1, 0.15) is 30.9 Å². The number of carboxylic acid groups (broad SMARTS) is 1. The first-order valence-electron chi connectivity index (χ1n) is 9.04. The Balaban J connectivity index is 2.35. The maximum absolute atomic E-state index is 12.8. The van der Waals surface area contributed by atoms with Gasteiger partial charge in [-0.15, -0.1) is 0 Å². The maximum Gasteiger partial charge on any atom is 0.371 e. The van der Waals surface area contributed by atoms with Gasteiger partial charge in [0.2, 0.25) is 5.76 Å². The van der Waals surface area contributed by atoms with Gasteiger partial charge in [-0.25, -0.2) is 4.79 Å². The van der Waals surface area contributed by atoms with Gasteiger partial charge >= 0.3 is 16.1 Å². The van der Waals surface area contributed by atoms with E-state index in [-0.39, 0.29) is 22.0 Å². The second kappa shape index (κ2) is 9.97. The molecule has 0 aliphatic heterocycles. The number of aliphatic carboxylic acids is 1. The Bertz CT molecular complexity index is 994. The summed E-state index contributed by atoms with van der Waals surface area (Å²) < 4.78 is 41.3. The molecule has 7 nitrogen and oxygen atoms in total. The smallest absolute Gasteiger partial charge is 0.371 e. The van der Waals surface area contributed by atoms with Gasteiger partial charge in [0.25, 0.3) is 0 Å². The van der Waals surface area contributed by atoms with Crippen LogP contribution in [-0.4, -0.2) is 33.2 Å². The molecule has 1 N–H and O–H groups in total. The van der Waals surface area contributed by atoms with Crippen molar-refractivity contribution in [2.24, 2.45) is 0 Å². The fourth-order valence-corrected chi connectivity index (χ4v) is 3.38. The van der Waals surface area contributed by atoms with Crippen molar-refractivity contribution < 1.29 is 32.0 Å². The van der Waals surface area contributed by atoms with E-state index < -0.39 is 16.1 Å². The van der Waals surface area contributed by atoms with Crippen LogP contribution in [0.2, 0.25) is 0 Å². The number of unbranched alkanes of at least 4 members (excludes halogenated alkanes) is 1. The molecule has 0 saturated carbocycles. The van der Waals surface area contributed by atoms with Crippen molar-refractivity contribution in [3.8, 4) is 11.5 Å². The topological polar surface area (TPSA) is 99.1 Å². The van der Waals surface area contributed by atoms with Gasteiger partial charge in [-0.1, -0.05) is 37.6 Å². The van der Waals surface area contributed by atoms with Gasteiger partial charge < -0.3 is 18.8 Å². The van der Waals surface area contributed by atoms with Crippen molar-refractivity contribution >= 4 is 22.2 Å². The van der Waals surface area contributed by atoms with E-state index in [0.29, 0.717) is 12.4 Å². The van der Waals surface area contributed by atoms with E-state index in [1.165, 1.54) is 37.5 Å². The Kier molecular flexibility index (Phi) is 7.67. The first-order chi connectivity index (χ1) is 13.8. The molecular weight excluding hydrogens is 396 g/mol. The third-order valence-electron chi connectivity index (χ3n) is 4.04. The predicted octanol–water partition coefficient (Wildman–Crippen LogP) is 4.01. The minimum Gasteiger partial charge on any atom is -0.493 e. The third-order valence-corrected chi connectivity index (χ3v) is 5.27. The van der Waals surface area contributed by atoms with Crippen LogP contribution < -0.4 is 8.92 Å². The highest BCUT2D eigenvalue weighted by atomic mass is 32.2. The molecule has 156 valence electrons. The number of ether oxygens (including phenoxy) is 2. The summed E-state index contributed by atoms with van der Waals surface area (Å²) in [6.07, 6.45) is 3.02. The molecule has 0 aliphatic carbocycles. The van der Waals surface area contributed by atoms with E-state index >= 15 is 0 Å². The van der Waals surface area contributed by atoms with Crippen molar-refractivity contribution in [3.05, 3.63) is 59.4 Å². The largest absolute Gasteiger partial charge is 0.493 e. The lowest BCUT2D eigenvalue weighted by Crippen LogP contribution is -2.11. The zero-order chi connectivity index (χ0) is 21.4.